The van der Waals surface area contributed by atoms with Gasteiger partial charge in [-0.25, -0.2) is 9.78 Å². The first-order valence-electron chi connectivity index (χ1n) is 10.6. The van der Waals surface area contributed by atoms with Crippen LogP contribution in [0.15, 0.2) is 67.3 Å². The standard InChI is InChI=1S/C24H31N5O3/c1-24(2,10-12-29-13-11-26-17-29)27-15-21(30)19-8-9-22(20(14-19)28-23(25)31)32-16-18-6-4-3-5-7-18/h3-9,11,13-14,17,21,27,30H,10,12,15-16H2,1-2H3,(H3,25,28,31). The number of nitrogens with one attached hydrogen (secondary N) is 2. The lowest BCUT2D eigenvalue weighted by atomic mass is 9.99. The number of aliphatic hydroxyl groups excluding tert-OH is 1. The van der Waals surface area contributed by atoms with E-state index in [4.69, 9.17) is 10.5 Å². The van der Waals surface area contributed by atoms with Crippen LogP contribution in [-0.4, -0.2) is 32.8 Å². The van der Waals surface area contributed by atoms with Crippen LogP contribution >= 0.6 is 0 Å². The Morgan fingerprint density at radius 3 is 2.72 bits per heavy atom. The second-order valence-corrected chi connectivity index (χ2v) is 8.35. The largest absolute Gasteiger partial charge is 0.487 e. The molecule has 0 spiro atoms. The summed E-state index contributed by atoms with van der Waals surface area (Å²) in [4.78, 5) is 15.5. The molecule has 1 heterocycles. The van der Waals surface area contributed by atoms with Crippen LogP contribution in [0.2, 0.25) is 0 Å². The zero-order chi connectivity index (χ0) is 23.0. The van der Waals surface area contributed by atoms with Gasteiger partial charge in [0.2, 0.25) is 0 Å². The smallest absolute Gasteiger partial charge is 0.316 e. The van der Waals surface area contributed by atoms with Crippen molar-refractivity contribution in [2.75, 3.05) is 11.9 Å². The number of hydrogen-bond donors (Lipinski definition) is 4. The number of urea groups is 1. The van der Waals surface area contributed by atoms with Crippen molar-refractivity contribution in [1.29, 1.82) is 0 Å². The summed E-state index contributed by atoms with van der Waals surface area (Å²) in [6.07, 6.45) is 5.59. The van der Waals surface area contributed by atoms with Gasteiger partial charge in [-0.2, -0.15) is 0 Å². The molecule has 32 heavy (non-hydrogen) atoms. The van der Waals surface area contributed by atoms with Crippen molar-refractivity contribution < 1.29 is 14.6 Å². The quantitative estimate of drug-likeness (QED) is 0.367. The van der Waals surface area contributed by atoms with Crippen LogP contribution in [0, 0.1) is 0 Å². The highest BCUT2D eigenvalue weighted by atomic mass is 16.5. The lowest BCUT2D eigenvalue weighted by molar-refractivity contribution is 0.158. The van der Waals surface area contributed by atoms with Gasteiger partial charge in [-0.3, -0.25) is 0 Å². The summed E-state index contributed by atoms with van der Waals surface area (Å²) in [6.45, 7) is 5.73. The van der Waals surface area contributed by atoms with Gasteiger partial charge >= 0.3 is 6.03 Å². The van der Waals surface area contributed by atoms with E-state index in [1.54, 1.807) is 30.7 Å². The second kappa shape index (κ2) is 10.8. The highest BCUT2D eigenvalue weighted by molar-refractivity contribution is 5.89. The third-order valence-electron chi connectivity index (χ3n) is 5.21. The minimum absolute atomic E-state index is 0.182. The highest BCUT2D eigenvalue weighted by Gasteiger charge is 2.20. The van der Waals surface area contributed by atoms with Gasteiger partial charge in [0.05, 0.1) is 18.1 Å². The SMILES string of the molecule is CC(C)(CCn1ccnc1)NCC(O)c1ccc(OCc2ccccc2)c(NC(N)=O)c1. The predicted octanol–water partition coefficient (Wildman–Crippen LogP) is 3.44. The molecule has 3 rings (SSSR count). The Kier molecular flexibility index (Phi) is 7.86. The summed E-state index contributed by atoms with van der Waals surface area (Å²) >= 11 is 0. The molecule has 1 unspecified atom stereocenters. The Morgan fingerprint density at radius 1 is 1.25 bits per heavy atom. The Morgan fingerprint density at radius 2 is 2.03 bits per heavy atom. The van der Waals surface area contributed by atoms with Crippen molar-refractivity contribution in [3.05, 3.63) is 78.4 Å². The first-order chi connectivity index (χ1) is 15.3. The zero-order valence-corrected chi connectivity index (χ0v) is 18.5. The van der Waals surface area contributed by atoms with Crippen LogP contribution in [0.5, 0.6) is 5.75 Å². The molecule has 2 aromatic carbocycles. The first-order valence-corrected chi connectivity index (χ1v) is 10.6. The van der Waals surface area contributed by atoms with Crippen molar-refractivity contribution >= 4 is 11.7 Å². The minimum Gasteiger partial charge on any atom is -0.487 e. The van der Waals surface area contributed by atoms with E-state index in [1.807, 2.05) is 41.1 Å². The van der Waals surface area contributed by atoms with E-state index in [-0.39, 0.29) is 5.54 Å². The number of ether oxygens (including phenoxy) is 1. The molecule has 2 amide bonds. The summed E-state index contributed by atoms with van der Waals surface area (Å²) in [5, 5.41) is 16.7. The first kappa shape index (κ1) is 23.3. The van der Waals surface area contributed by atoms with Gasteiger partial charge in [0.15, 0.2) is 0 Å². The minimum atomic E-state index is -0.765. The molecule has 170 valence electrons. The van der Waals surface area contributed by atoms with Gasteiger partial charge in [-0.05, 0) is 43.5 Å². The molecule has 5 N–H and O–H groups in total. The number of aliphatic hydroxyl groups is 1. The topological polar surface area (TPSA) is 114 Å². The molecule has 8 nitrogen and oxygen atoms in total. The maximum absolute atomic E-state index is 11.5. The monoisotopic (exact) mass is 437 g/mol. The third kappa shape index (κ3) is 7.11. The van der Waals surface area contributed by atoms with E-state index in [1.165, 1.54) is 0 Å². The van der Waals surface area contributed by atoms with Gasteiger partial charge in [0, 0.05) is 31.0 Å². The number of rotatable bonds is 11. The van der Waals surface area contributed by atoms with Crippen LogP contribution < -0.4 is 21.1 Å². The lowest BCUT2D eigenvalue weighted by Crippen LogP contribution is -2.42. The number of primary amides is 1. The van der Waals surface area contributed by atoms with Crippen LogP contribution in [0.4, 0.5) is 10.5 Å². The van der Waals surface area contributed by atoms with Crippen molar-refractivity contribution in [3.8, 4) is 5.75 Å². The van der Waals surface area contributed by atoms with Crippen molar-refractivity contribution in [3.63, 3.8) is 0 Å². The number of β-amino-alcohol motifs (C(OH)–C–C–N with tert-alkyl or cyclic N) is 1. The molecule has 1 atom stereocenters. The molecule has 0 fully saturated rings. The molecular formula is C24H31N5O3. The van der Waals surface area contributed by atoms with Gasteiger partial charge in [0.25, 0.3) is 0 Å². The summed E-state index contributed by atoms with van der Waals surface area (Å²) < 4.78 is 7.89. The van der Waals surface area contributed by atoms with Gasteiger partial charge < -0.3 is 30.8 Å². The van der Waals surface area contributed by atoms with Crippen LogP contribution in [0.25, 0.3) is 0 Å². The number of benzene rings is 2. The van der Waals surface area contributed by atoms with Crippen LogP contribution in [-0.2, 0) is 13.2 Å². The van der Waals surface area contributed by atoms with E-state index in [9.17, 15) is 9.90 Å². The molecule has 8 heteroatoms. The average molecular weight is 438 g/mol. The molecule has 1 aromatic heterocycles. The van der Waals surface area contributed by atoms with E-state index in [0.29, 0.717) is 30.2 Å². The van der Waals surface area contributed by atoms with Gasteiger partial charge in [-0.15, -0.1) is 0 Å². The Labute approximate surface area is 188 Å². The fourth-order valence-corrected chi connectivity index (χ4v) is 3.25. The van der Waals surface area contributed by atoms with Crippen LogP contribution in [0.1, 0.15) is 37.5 Å². The third-order valence-corrected chi connectivity index (χ3v) is 5.21. The molecule has 0 saturated carbocycles. The number of amides is 2. The highest BCUT2D eigenvalue weighted by Crippen LogP contribution is 2.29. The molecule has 0 saturated heterocycles. The molecular weight excluding hydrogens is 406 g/mol. The van der Waals surface area contributed by atoms with Crippen molar-refractivity contribution in [2.45, 2.75) is 45.1 Å². The molecule has 0 aliphatic carbocycles. The number of hydrogen-bond acceptors (Lipinski definition) is 5. The number of aryl methyl sites for hydroxylation is 1. The van der Waals surface area contributed by atoms with E-state index in [2.05, 4.69) is 29.5 Å². The Hall–Kier alpha value is -3.36. The molecule has 0 aliphatic rings. The van der Waals surface area contributed by atoms with Crippen LogP contribution in [0.3, 0.4) is 0 Å². The van der Waals surface area contributed by atoms with E-state index >= 15 is 0 Å². The number of anilines is 1. The fraction of sp³-hybridized carbons (Fsp3) is 0.333. The maximum Gasteiger partial charge on any atom is 0.316 e. The number of nitrogens with two attached hydrogens (primary N) is 1. The van der Waals surface area contributed by atoms with Crippen molar-refractivity contribution in [2.24, 2.45) is 5.73 Å². The molecule has 0 aliphatic heterocycles. The number of imidazole rings is 1. The number of carbonyl (C=O) groups is 1. The molecule has 0 radical (unpaired) electrons. The van der Waals surface area contributed by atoms with Gasteiger partial charge in [0.1, 0.15) is 12.4 Å². The number of carbonyl (C=O) groups excluding carboxylic acids is 1. The summed E-state index contributed by atoms with van der Waals surface area (Å²) in [7, 11) is 0. The second-order valence-electron chi connectivity index (χ2n) is 8.35. The van der Waals surface area contributed by atoms with Gasteiger partial charge in [-0.1, -0.05) is 36.4 Å². The Balaban J connectivity index is 1.62. The summed E-state index contributed by atoms with van der Waals surface area (Å²) in [5.74, 6) is 0.484. The number of aromatic nitrogens is 2. The molecule has 0 bridgehead atoms. The normalized spacial score (nSPS) is 12.3. The van der Waals surface area contributed by atoms with E-state index < -0.39 is 12.1 Å². The Bertz CT molecular complexity index is 990. The zero-order valence-electron chi connectivity index (χ0n) is 18.5. The summed E-state index contributed by atoms with van der Waals surface area (Å²) in [6, 6.07) is 14.2. The molecule has 3 aromatic rings. The number of nitrogens with zero attached hydrogens (tertiary/aromatic N) is 2. The lowest BCUT2D eigenvalue weighted by Gasteiger charge is -2.28. The predicted molar refractivity (Wildman–Crippen MR) is 124 cm³/mol. The maximum atomic E-state index is 11.5. The fourth-order valence-electron chi connectivity index (χ4n) is 3.25. The van der Waals surface area contributed by atoms with Crippen molar-refractivity contribution in [1.82, 2.24) is 14.9 Å². The summed E-state index contributed by atoms with van der Waals surface area (Å²) in [5.41, 5.74) is 7.22. The van der Waals surface area contributed by atoms with E-state index in [0.717, 1.165) is 18.5 Å². The average Bonchev–Trinajstić information content (AvgIpc) is 3.29.